The topological polar surface area (TPSA) is 49.6 Å². The summed E-state index contributed by atoms with van der Waals surface area (Å²) in [7, 11) is 0. The summed E-state index contributed by atoms with van der Waals surface area (Å²) < 4.78 is 0. The minimum atomic E-state index is -0.399. The van der Waals surface area contributed by atoms with Crippen LogP contribution in [0.2, 0.25) is 0 Å². The number of nitrogens with two attached hydrogens (primary N) is 1. The van der Waals surface area contributed by atoms with Crippen LogP contribution >= 0.6 is 0 Å². The second kappa shape index (κ2) is 7.06. The Morgan fingerprint density at radius 2 is 1.84 bits per heavy atom. The van der Waals surface area contributed by atoms with Gasteiger partial charge < -0.3 is 15.5 Å². The van der Waals surface area contributed by atoms with Crippen molar-refractivity contribution >= 4 is 5.91 Å². The first-order valence-corrected chi connectivity index (χ1v) is 7.61. The van der Waals surface area contributed by atoms with Crippen LogP contribution in [0, 0.1) is 0 Å². The zero-order valence-electron chi connectivity index (χ0n) is 11.9. The first-order valence-electron chi connectivity index (χ1n) is 7.61. The molecule has 19 heavy (non-hydrogen) atoms. The van der Waals surface area contributed by atoms with Crippen LogP contribution in [-0.4, -0.2) is 54.0 Å². The van der Waals surface area contributed by atoms with Crippen molar-refractivity contribution in [3.8, 4) is 0 Å². The molecule has 108 valence electrons. The van der Waals surface area contributed by atoms with Gasteiger partial charge in [-0.2, -0.15) is 0 Å². The Morgan fingerprint density at radius 3 is 2.42 bits per heavy atom. The zero-order valence-corrected chi connectivity index (χ0v) is 11.9. The van der Waals surface area contributed by atoms with Crippen LogP contribution in [0.5, 0.6) is 0 Å². The Morgan fingerprint density at radius 1 is 1.21 bits per heavy atom. The number of amides is 1. The van der Waals surface area contributed by atoms with E-state index in [-0.39, 0.29) is 5.91 Å². The molecule has 2 saturated heterocycles. The van der Waals surface area contributed by atoms with Gasteiger partial charge in [0.15, 0.2) is 0 Å². The molecule has 4 nitrogen and oxygen atoms in total. The van der Waals surface area contributed by atoms with Crippen molar-refractivity contribution < 1.29 is 4.79 Å². The number of hydrogen-bond donors (Lipinski definition) is 1. The van der Waals surface area contributed by atoms with Crippen molar-refractivity contribution in [2.75, 3.05) is 26.2 Å². The molecule has 0 spiro atoms. The van der Waals surface area contributed by atoms with Gasteiger partial charge in [0, 0.05) is 19.1 Å². The lowest BCUT2D eigenvalue weighted by molar-refractivity contribution is -0.134. The Hall–Kier alpha value is -0.870. The summed E-state index contributed by atoms with van der Waals surface area (Å²) in [5, 5.41) is 0. The monoisotopic (exact) mass is 265 g/mol. The van der Waals surface area contributed by atoms with Gasteiger partial charge in [-0.3, -0.25) is 4.79 Å². The molecule has 0 radical (unpaired) electrons. The third-order valence-corrected chi connectivity index (χ3v) is 4.42. The third-order valence-electron chi connectivity index (χ3n) is 4.42. The van der Waals surface area contributed by atoms with E-state index in [1.54, 1.807) is 6.08 Å². The van der Waals surface area contributed by atoms with E-state index in [1.807, 2.05) is 4.90 Å². The average molecular weight is 265 g/mol. The minimum Gasteiger partial charge on any atom is -0.341 e. The predicted octanol–water partition coefficient (Wildman–Crippen LogP) is 1.37. The van der Waals surface area contributed by atoms with Crippen molar-refractivity contribution in [2.24, 2.45) is 5.73 Å². The van der Waals surface area contributed by atoms with Crippen molar-refractivity contribution in [1.82, 2.24) is 9.80 Å². The molecule has 1 atom stereocenters. The summed E-state index contributed by atoms with van der Waals surface area (Å²) in [4.78, 5) is 16.7. The number of carbonyl (C=O) groups is 1. The maximum atomic E-state index is 12.1. The summed E-state index contributed by atoms with van der Waals surface area (Å²) in [6, 6.07) is 0.281. The highest BCUT2D eigenvalue weighted by Crippen LogP contribution is 2.21. The fraction of sp³-hybridized carbons (Fsp3) is 0.800. The molecule has 0 bridgehead atoms. The number of likely N-dealkylation sites (tertiary alicyclic amines) is 2. The lowest BCUT2D eigenvalue weighted by atomic mass is 9.99. The van der Waals surface area contributed by atoms with Crippen LogP contribution in [0.3, 0.4) is 0 Å². The highest BCUT2D eigenvalue weighted by atomic mass is 16.2. The maximum Gasteiger partial charge on any atom is 0.239 e. The number of hydrogen-bond acceptors (Lipinski definition) is 3. The summed E-state index contributed by atoms with van der Waals surface area (Å²) in [6.07, 6.45) is 8.56. The minimum absolute atomic E-state index is 0.0944. The molecule has 0 aromatic carbocycles. The van der Waals surface area contributed by atoms with Crippen LogP contribution in [-0.2, 0) is 4.79 Å². The smallest absolute Gasteiger partial charge is 0.239 e. The van der Waals surface area contributed by atoms with Gasteiger partial charge >= 0.3 is 0 Å². The Labute approximate surface area is 116 Å². The molecule has 0 aromatic rings. The average Bonchev–Trinajstić information content (AvgIpc) is 2.48. The summed E-state index contributed by atoms with van der Waals surface area (Å²) in [5.41, 5.74) is 5.86. The van der Waals surface area contributed by atoms with E-state index in [0.29, 0.717) is 12.5 Å². The van der Waals surface area contributed by atoms with Crippen molar-refractivity contribution in [3.63, 3.8) is 0 Å². The van der Waals surface area contributed by atoms with Crippen molar-refractivity contribution in [2.45, 2.75) is 50.6 Å². The van der Waals surface area contributed by atoms with Gasteiger partial charge in [-0.15, -0.1) is 6.58 Å². The van der Waals surface area contributed by atoms with Gasteiger partial charge in [0.05, 0.1) is 6.04 Å². The zero-order chi connectivity index (χ0) is 13.7. The van der Waals surface area contributed by atoms with Gasteiger partial charge in [0.25, 0.3) is 0 Å². The van der Waals surface area contributed by atoms with Gasteiger partial charge in [0.1, 0.15) is 0 Å². The van der Waals surface area contributed by atoms with Crippen molar-refractivity contribution in [3.05, 3.63) is 12.7 Å². The number of rotatable bonds is 4. The fourth-order valence-corrected chi connectivity index (χ4v) is 3.25. The molecule has 1 unspecified atom stereocenters. The molecule has 1 amide bonds. The van der Waals surface area contributed by atoms with Crippen LogP contribution in [0.15, 0.2) is 12.7 Å². The molecule has 2 fully saturated rings. The predicted molar refractivity (Wildman–Crippen MR) is 77.8 cm³/mol. The van der Waals surface area contributed by atoms with Gasteiger partial charge in [-0.25, -0.2) is 0 Å². The summed E-state index contributed by atoms with van der Waals surface area (Å²) >= 11 is 0. The molecule has 0 saturated carbocycles. The van der Waals surface area contributed by atoms with E-state index in [4.69, 9.17) is 5.73 Å². The molecule has 0 aliphatic carbocycles. The van der Waals surface area contributed by atoms with Gasteiger partial charge in [-0.05, 0) is 45.2 Å². The van der Waals surface area contributed by atoms with Crippen LogP contribution in [0.1, 0.15) is 38.5 Å². The lowest BCUT2D eigenvalue weighted by Gasteiger charge is -2.40. The van der Waals surface area contributed by atoms with Crippen LogP contribution < -0.4 is 5.73 Å². The molecule has 0 aromatic heterocycles. The normalized spacial score (nSPS) is 24.2. The first kappa shape index (κ1) is 14.5. The van der Waals surface area contributed by atoms with E-state index in [9.17, 15) is 4.79 Å². The molecular formula is C15H27N3O. The van der Waals surface area contributed by atoms with Crippen LogP contribution in [0.4, 0.5) is 0 Å². The molecule has 2 aliphatic rings. The molecule has 2 rings (SSSR count). The summed E-state index contributed by atoms with van der Waals surface area (Å²) in [5.74, 6) is 0.0944. The van der Waals surface area contributed by atoms with Gasteiger partial charge in [0.2, 0.25) is 5.91 Å². The number of nitrogens with zero attached hydrogens (tertiary/aromatic N) is 2. The SMILES string of the molecule is C=CCC(N)C(=O)N1CCC(N2CCCCC2)CC1. The second-order valence-electron chi connectivity index (χ2n) is 5.78. The van der Waals surface area contributed by atoms with E-state index in [2.05, 4.69) is 11.5 Å². The second-order valence-corrected chi connectivity index (χ2v) is 5.78. The highest BCUT2D eigenvalue weighted by Gasteiger charge is 2.29. The van der Waals surface area contributed by atoms with E-state index >= 15 is 0 Å². The number of piperidine rings is 2. The van der Waals surface area contributed by atoms with E-state index in [0.717, 1.165) is 25.9 Å². The quantitative estimate of drug-likeness (QED) is 0.781. The molecular weight excluding hydrogens is 238 g/mol. The van der Waals surface area contributed by atoms with Crippen LogP contribution in [0.25, 0.3) is 0 Å². The Bertz CT molecular complexity index is 305. The third kappa shape index (κ3) is 3.80. The molecule has 2 aliphatic heterocycles. The standard InChI is InChI=1S/C15H27N3O/c1-2-6-14(16)15(19)18-11-7-13(8-12-18)17-9-4-3-5-10-17/h2,13-14H,1,3-12,16H2. The van der Waals surface area contributed by atoms with E-state index < -0.39 is 6.04 Å². The number of carbonyl (C=O) groups excluding carboxylic acids is 1. The molecule has 2 N–H and O–H groups in total. The first-order chi connectivity index (χ1) is 9.22. The Balaban J connectivity index is 1.78. The van der Waals surface area contributed by atoms with Crippen molar-refractivity contribution in [1.29, 1.82) is 0 Å². The van der Waals surface area contributed by atoms with E-state index in [1.165, 1.54) is 32.4 Å². The maximum absolute atomic E-state index is 12.1. The molecule has 4 heteroatoms. The fourth-order valence-electron chi connectivity index (χ4n) is 3.25. The summed E-state index contributed by atoms with van der Waals surface area (Å²) in [6.45, 7) is 7.87. The largest absolute Gasteiger partial charge is 0.341 e. The van der Waals surface area contributed by atoms with Gasteiger partial charge in [-0.1, -0.05) is 12.5 Å². The molecule has 2 heterocycles. The highest BCUT2D eigenvalue weighted by molar-refractivity contribution is 5.81. The Kier molecular flexibility index (Phi) is 5.40. The lowest BCUT2D eigenvalue weighted by Crippen LogP contribution is -2.51.